The second-order valence-electron chi connectivity index (χ2n) is 6.88. The lowest BCUT2D eigenvalue weighted by Crippen LogP contribution is -2.26. The summed E-state index contributed by atoms with van der Waals surface area (Å²) in [6.07, 6.45) is 6.53. The SMILES string of the molecule is CC(C)(C)[C@@H]1CCc2c(sc(N=Cc3ccco3)c2C#N)C1. The molecule has 0 saturated carbocycles. The number of nitriles is 1. The van der Waals surface area contributed by atoms with Crippen LogP contribution in [0.2, 0.25) is 0 Å². The van der Waals surface area contributed by atoms with Crippen molar-refractivity contribution in [2.24, 2.45) is 16.3 Å². The normalized spacial score (nSPS) is 18.4. The molecule has 4 heteroatoms. The summed E-state index contributed by atoms with van der Waals surface area (Å²) in [4.78, 5) is 5.83. The first-order chi connectivity index (χ1) is 10.5. The Labute approximate surface area is 135 Å². The van der Waals surface area contributed by atoms with Gasteiger partial charge in [0.05, 0.1) is 18.0 Å². The van der Waals surface area contributed by atoms with Crippen molar-refractivity contribution >= 4 is 22.6 Å². The Balaban J connectivity index is 1.91. The Kier molecular flexibility index (Phi) is 3.92. The third-order valence-electron chi connectivity index (χ3n) is 4.44. The Hall–Kier alpha value is -1.86. The monoisotopic (exact) mass is 312 g/mol. The topological polar surface area (TPSA) is 49.3 Å². The summed E-state index contributed by atoms with van der Waals surface area (Å²) in [6, 6.07) is 6.05. The van der Waals surface area contributed by atoms with Crippen molar-refractivity contribution in [1.82, 2.24) is 0 Å². The first-order valence-electron chi connectivity index (χ1n) is 7.61. The predicted molar refractivity (Wildman–Crippen MR) is 90.0 cm³/mol. The number of hydrogen-bond acceptors (Lipinski definition) is 4. The van der Waals surface area contributed by atoms with Crippen molar-refractivity contribution in [3.63, 3.8) is 0 Å². The minimum Gasteiger partial charge on any atom is -0.463 e. The van der Waals surface area contributed by atoms with Crippen LogP contribution < -0.4 is 0 Å². The van der Waals surface area contributed by atoms with E-state index in [2.05, 4.69) is 31.8 Å². The van der Waals surface area contributed by atoms with E-state index in [9.17, 15) is 5.26 Å². The molecule has 0 saturated heterocycles. The van der Waals surface area contributed by atoms with Gasteiger partial charge in [0.25, 0.3) is 0 Å². The van der Waals surface area contributed by atoms with Gasteiger partial charge in [-0.25, -0.2) is 4.99 Å². The standard InChI is InChI=1S/C18H20N2OS/c1-18(2,3)12-6-7-14-15(10-19)17(22-16(14)9-12)20-11-13-5-4-8-21-13/h4-5,8,11-12H,6-7,9H2,1-3H3/t12-/m1/s1. The van der Waals surface area contributed by atoms with E-state index in [4.69, 9.17) is 4.42 Å². The molecule has 0 aliphatic heterocycles. The average molecular weight is 312 g/mol. The van der Waals surface area contributed by atoms with Crippen LogP contribution in [0.4, 0.5) is 5.00 Å². The van der Waals surface area contributed by atoms with E-state index in [-0.39, 0.29) is 0 Å². The lowest BCUT2D eigenvalue weighted by atomic mass is 9.72. The van der Waals surface area contributed by atoms with E-state index in [0.29, 0.717) is 17.1 Å². The number of aliphatic imine (C=N–C) groups is 1. The van der Waals surface area contributed by atoms with Crippen molar-refractivity contribution in [3.05, 3.63) is 40.2 Å². The zero-order chi connectivity index (χ0) is 15.7. The maximum atomic E-state index is 9.51. The molecule has 0 radical (unpaired) electrons. The molecule has 1 atom stereocenters. The number of fused-ring (bicyclic) bond motifs is 1. The molecule has 1 aliphatic rings. The van der Waals surface area contributed by atoms with Crippen LogP contribution >= 0.6 is 11.3 Å². The third kappa shape index (κ3) is 2.86. The van der Waals surface area contributed by atoms with Gasteiger partial charge in [0.2, 0.25) is 0 Å². The average Bonchev–Trinajstić information content (AvgIpc) is 3.10. The molecule has 0 N–H and O–H groups in total. The zero-order valence-electron chi connectivity index (χ0n) is 13.2. The van der Waals surface area contributed by atoms with Gasteiger partial charge in [0.1, 0.15) is 16.8 Å². The Morgan fingerprint density at radius 3 is 2.91 bits per heavy atom. The molecule has 0 spiro atoms. The molecule has 0 amide bonds. The van der Waals surface area contributed by atoms with Crippen molar-refractivity contribution in [3.8, 4) is 6.07 Å². The second kappa shape index (κ2) is 5.73. The van der Waals surface area contributed by atoms with Gasteiger partial charge in [-0.2, -0.15) is 5.26 Å². The molecule has 0 unspecified atom stereocenters. The zero-order valence-corrected chi connectivity index (χ0v) is 14.0. The van der Waals surface area contributed by atoms with Crippen LogP contribution in [0.5, 0.6) is 0 Å². The highest BCUT2D eigenvalue weighted by Crippen LogP contribution is 2.44. The fraction of sp³-hybridized carbons (Fsp3) is 0.444. The maximum Gasteiger partial charge on any atom is 0.144 e. The molecule has 0 bridgehead atoms. The largest absolute Gasteiger partial charge is 0.463 e. The Morgan fingerprint density at radius 2 is 2.27 bits per heavy atom. The number of hydrogen-bond donors (Lipinski definition) is 0. The summed E-state index contributed by atoms with van der Waals surface area (Å²) in [5, 5.41) is 10.3. The van der Waals surface area contributed by atoms with Crippen molar-refractivity contribution in [2.45, 2.75) is 40.0 Å². The highest BCUT2D eigenvalue weighted by Gasteiger charge is 2.32. The summed E-state index contributed by atoms with van der Waals surface area (Å²) in [6.45, 7) is 6.91. The highest BCUT2D eigenvalue weighted by molar-refractivity contribution is 7.16. The number of nitrogens with zero attached hydrogens (tertiary/aromatic N) is 2. The van der Waals surface area contributed by atoms with Gasteiger partial charge in [0.15, 0.2) is 0 Å². The van der Waals surface area contributed by atoms with E-state index >= 15 is 0 Å². The molecule has 1 aliphatic carbocycles. The van der Waals surface area contributed by atoms with Crippen LogP contribution in [0.3, 0.4) is 0 Å². The number of thiophene rings is 1. The first-order valence-corrected chi connectivity index (χ1v) is 8.43. The lowest BCUT2D eigenvalue weighted by Gasteiger charge is -2.33. The predicted octanol–water partition coefficient (Wildman–Crippen LogP) is 5.11. The molecule has 0 fully saturated rings. The smallest absolute Gasteiger partial charge is 0.144 e. The van der Waals surface area contributed by atoms with Gasteiger partial charge in [-0.15, -0.1) is 11.3 Å². The van der Waals surface area contributed by atoms with Crippen LogP contribution in [0, 0.1) is 22.7 Å². The number of rotatable bonds is 2. The summed E-state index contributed by atoms with van der Waals surface area (Å²) in [5.74, 6) is 1.38. The first kappa shape index (κ1) is 15.1. The minimum absolute atomic E-state index is 0.312. The molecule has 114 valence electrons. The maximum absolute atomic E-state index is 9.51. The van der Waals surface area contributed by atoms with Crippen LogP contribution in [0.1, 0.15) is 49.0 Å². The summed E-state index contributed by atoms with van der Waals surface area (Å²) in [7, 11) is 0. The quantitative estimate of drug-likeness (QED) is 0.723. The van der Waals surface area contributed by atoms with E-state index in [1.807, 2.05) is 12.1 Å². The van der Waals surface area contributed by atoms with Gasteiger partial charge < -0.3 is 4.42 Å². The summed E-state index contributed by atoms with van der Waals surface area (Å²) < 4.78 is 5.26. The van der Waals surface area contributed by atoms with Gasteiger partial charge in [-0.1, -0.05) is 20.8 Å². The van der Waals surface area contributed by atoms with E-state index in [0.717, 1.165) is 29.8 Å². The molecule has 3 nitrogen and oxygen atoms in total. The van der Waals surface area contributed by atoms with E-state index in [1.165, 1.54) is 10.4 Å². The summed E-state index contributed by atoms with van der Waals surface area (Å²) >= 11 is 1.67. The molecule has 0 aromatic carbocycles. The van der Waals surface area contributed by atoms with Crippen LogP contribution in [0.15, 0.2) is 27.8 Å². The minimum atomic E-state index is 0.312. The van der Waals surface area contributed by atoms with Gasteiger partial charge >= 0.3 is 0 Å². The van der Waals surface area contributed by atoms with Crippen LogP contribution in [-0.2, 0) is 12.8 Å². The fourth-order valence-corrected chi connectivity index (χ4v) is 4.23. The van der Waals surface area contributed by atoms with Gasteiger partial charge in [0, 0.05) is 4.88 Å². The fourth-order valence-electron chi connectivity index (χ4n) is 3.00. The Morgan fingerprint density at radius 1 is 1.45 bits per heavy atom. The van der Waals surface area contributed by atoms with Gasteiger partial charge in [-0.05, 0) is 48.3 Å². The molecule has 2 aromatic heterocycles. The highest BCUT2D eigenvalue weighted by atomic mass is 32.1. The molecule has 3 rings (SSSR count). The van der Waals surface area contributed by atoms with Crippen molar-refractivity contribution in [2.75, 3.05) is 0 Å². The third-order valence-corrected chi connectivity index (χ3v) is 5.60. The van der Waals surface area contributed by atoms with E-state index < -0.39 is 0 Å². The van der Waals surface area contributed by atoms with Crippen LogP contribution in [0.25, 0.3) is 0 Å². The molecular formula is C18H20N2OS. The molecule has 22 heavy (non-hydrogen) atoms. The lowest BCUT2D eigenvalue weighted by molar-refractivity contribution is 0.218. The Bertz CT molecular complexity index is 726. The van der Waals surface area contributed by atoms with Crippen molar-refractivity contribution < 1.29 is 4.42 Å². The molecular weight excluding hydrogens is 292 g/mol. The van der Waals surface area contributed by atoms with Crippen molar-refractivity contribution in [1.29, 1.82) is 5.26 Å². The van der Waals surface area contributed by atoms with Gasteiger partial charge in [-0.3, -0.25) is 0 Å². The van der Waals surface area contributed by atoms with E-state index in [1.54, 1.807) is 23.8 Å². The second-order valence-corrected chi connectivity index (χ2v) is 7.96. The summed E-state index contributed by atoms with van der Waals surface area (Å²) in [5.41, 5.74) is 2.29. The number of furan rings is 1. The molecule has 2 aromatic rings. The molecule has 2 heterocycles. The van der Waals surface area contributed by atoms with Crippen LogP contribution in [-0.4, -0.2) is 6.21 Å².